The Morgan fingerprint density at radius 2 is 1.90 bits per heavy atom. The van der Waals surface area contributed by atoms with Crippen LogP contribution in [0.1, 0.15) is 2.85 Å². The van der Waals surface area contributed by atoms with E-state index in [1.165, 1.54) is 0 Å². The molecule has 0 rings (SSSR count). The van der Waals surface area contributed by atoms with Crippen LogP contribution in [0.3, 0.4) is 0 Å². The fourth-order valence-corrected chi connectivity index (χ4v) is 0.0833. The Hall–Kier alpha value is 0.410. The van der Waals surface area contributed by atoms with Gasteiger partial charge in [0.25, 0.3) is 0 Å². The molecule has 0 bridgehead atoms. The van der Waals surface area contributed by atoms with Gasteiger partial charge in [0.2, 0.25) is 0 Å². The number of hydrazine groups is 1. The van der Waals surface area contributed by atoms with Crippen LogP contribution < -0.4 is 17.0 Å². The predicted molar refractivity (Wildman–Crippen MR) is 39.9 cm³/mol. The molecule has 0 saturated heterocycles. The molecule has 0 aromatic heterocycles. The van der Waals surface area contributed by atoms with Gasteiger partial charge in [-0.1, -0.05) is 0 Å². The fraction of sp³-hybridized carbons (Fsp3) is 0.667. The second-order valence-corrected chi connectivity index (χ2v) is 1.03. The van der Waals surface area contributed by atoms with Gasteiger partial charge in [-0.15, -0.1) is 0 Å². The quantitative estimate of drug-likeness (QED) is 0.199. The molecule has 6 nitrogen and oxygen atoms in total. The number of carboxylic acid groups (broad SMARTS) is 2. The zero-order chi connectivity index (χ0) is 7.70. The van der Waals surface area contributed by atoms with Crippen molar-refractivity contribution in [1.82, 2.24) is 5.43 Å². The van der Waals surface area contributed by atoms with Crippen LogP contribution in [-0.4, -0.2) is 67.2 Å². The molecular formula is C3H13CaN3O3. The third-order valence-electron chi connectivity index (χ3n) is 0.289. The van der Waals surface area contributed by atoms with E-state index in [0.717, 1.165) is 0 Å². The zero-order valence-electron chi connectivity index (χ0n) is 7.58. The molecular weight excluding hydrogens is 166 g/mol. The summed E-state index contributed by atoms with van der Waals surface area (Å²) in [5.74, 6) is 4.81. The van der Waals surface area contributed by atoms with E-state index < -0.39 is 6.16 Å². The van der Waals surface area contributed by atoms with Gasteiger partial charge in [0, 0.05) is 13.1 Å². The van der Waals surface area contributed by atoms with Crippen LogP contribution in [0.5, 0.6) is 0 Å². The molecule has 60 valence electrons. The minimum Gasteiger partial charge on any atom is -1.00 e. The van der Waals surface area contributed by atoms with E-state index in [9.17, 15) is 0 Å². The predicted octanol–water partition coefficient (Wildman–Crippen LogP) is -1.52. The van der Waals surface area contributed by atoms with E-state index in [2.05, 4.69) is 5.43 Å². The molecule has 0 atom stereocenters. The standard InChI is InChI=1S/C2H9N3.CH2O3.Ca.2H/c3-1-2-5-4;2-1(3)4;;;/h5H,1-4H2;(H2,2,3,4);;;/q;;+2;2*-1. The number of hydrogen-bond acceptors (Lipinski definition) is 4. The first-order valence-electron chi connectivity index (χ1n) is 2.20. The summed E-state index contributed by atoms with van der Waals surface area (Å²) in [4.78, 5) is 8.56. The maximum atomic E-state index is 8.56. The van der Waals surface area contributed by atoms with Crippen molar-refractivity contribution >= 4 is 43.9 Å². The minimum absolute atomic E-state index is 0. The Balaban J connectivity index is -0.0000000221. The summed E-state index contributed by atoms with van der Waals surface area (Å²) in [6, 6.07) is 0. The van der Waals surface area contributed by atoms with Gasteiger partial charge < -0.3 is 18.8 Å². The van der Waals surface area contributed by atoms with Gasteiger partial charge in [-0.2, -0.15) is 0 Å². The summed E-state index contributed by atoms with van der Waals surface area (Å²) in [7, 11) is 0. The van der Waals surface area contributed by atoms with Gasteiger partial charge in [0.15, 0.2) is 0 Å². The van der Waals surface area contributed by atoms with E-state index in [-0.39, 0.29) is 40.6 Å². The van der Waals surface area contributed by atoms with E-state index >= 15 is 0 Å². The first-order chi connectivity index (χ1) is 4.15. The monoisotopic (exact) mass is 179 g/mol. The molecule has 0 fully saturated rings. The summed E-state index contributed by atoms with van der Waals surface area (Å²) in [5.41, 5.74) is 7.39. The molecule has 0 saturated carbocycles. The average Bonchev–Trinajstić information content (AvgIpc) is 1.66. The fourth-order valence-electron chi connectivity index (χ4n) is 0.0833. The molecule has 7 heteroatoms. The number of nitrogens with two attached hydrogens (primary N) is 2. The van der Waals surface area contributed by atoms with Crippen molar-refractivity contribution in [1.29, 1.82) is 0 Å². The SMILES string of the molecule is NCCNN.O=C(O)O.[Ca+2].[H-].[H-]. The van der Waals surface area contributed by atoms with Crippen LogP contribution >= 0.6 is 0 Å². The van der Waals surface area contributed by atoms with Crippen LogP contribution in [0.2, 0.25) is 0 Å². The van der Waals surface area contributed by atoms with E-state index in [4.69, 9.17) is 26.6 Å². The molecule has 0 radical (unpaired) electrons. The molecule has 0 spiro atoms. The molecule has 0 heterocycles. The second-order valence-electron chi connectivity index (χ2n) is 1.03. The smallest absolute Gasteiger partial charge is 1.00 e. The van der Waals surface area contributed by atoms with Crippen LogP contribution in [0.25, 0.3) is 0 Å². The molecule has 7 N–H and O–H groups in total. The summed E-state index contributed by atoms with van der Waals surface area (Å²) >= 11 is 0. The molecule has 0 unspecified atom stereocenters. The third kappa shape index (κ3) is 79.5. The van der Waals surface area contributed by atoms with Crippen molar-refractivity contribution in [3.63, 3.8) is 0 Å². The Kier molecular flexibility index (Phi) is 27.2. The maximum absolute atomic E-state index is 8.56. The van der Waals surface area contributed by atoms with Gasteiger partial charge in [0.1, 0.15) is 0 Å². The van der Waals surface area contributed by atoms with Crippen molar-refractivity contribution < 1.29 is 17.9 Å². The average molecular weight is 179 g/mol. The molecule has 0 aliphatic rings. The molecule has 0 amide bonds. The van der Waals surface area contributed by atoms with Crippen molar-refractivity contribution in [3.8, 4) is 0 Å². The maximum Gasteiger partial charge on any atom is 2.00 e. The van der Waals surface area contributed by atoms with E-state index in [1.807, 2.05) is 0 Å². The molecule has 0 aromatic carbocycles. The van der Waals surface area contributed by atoms with Crippen molar-refractivity contribution in [2.24, 2.45) is 11.6 Å². The third-order valence-corrected chi connectivity index (χ3v) is 0.289. The van der Waals surface area contributed by atoms with Crippen LogP contribution in [-0.2, 0) is 0 Å². The summed E-state index contributed by atoms with van der Waals surface area (Å²) in [5, 5.41) is 13.9. The first-order valence-corrected chi connectivity index (χ1v) is 2.20. The first kappa shape index (κ1) is 16.8. The summed E-state index contributed by atoms with van der Waals surface area (Å²) < 4.78 is 0. The summed E-state index contributed by atoms with van der Waals surface area (Å²) in [6.45, 7) is 1.30. The van der Waals surface area contributed by atoms with E-state index in [1.54, 1.807) is 0 Å². The largest absolute Gasteiger partial charge is 2.00 e. The van der Waals surface area contributed by atoms with Crippen molar-refractivity contribution in [2.45, 2.75) is 0 Å². The van der Waals surface area contributed by atoms with Crippen LogP contribution in [0.4, 0.5) is 4.79 Å². The molecule has 0 aliphatic heterocycles. The van der Waals surface area contributed by atoms with Gasteiger partial charge in [0.05, 0.1) is 0 Å². The number of nitrogens with one attached hydrogen (secondary N) is 1. The Morgan fingerprint density at radius 1 is 1.60 bits per heavy atom. The van der Waals surface area contributed by atoms with Gasteiger partial charge >= 0.3 is 43.9 Å². The van der Waals surface area contributed by atoms with Gasteiger partial charge in [-0.3, -0.25) is 11.3 Å². The Labute approximate surface area is 91.5 Å². The molecule has 0 aromatic rings. The number of rotatable bonds is 2. The molecule has 0 aliphatic carbocycles. The van der Waals surface area contributed by atoms with Crippen molar-refractivity contribution in [3.05, 3.63) is 0 Å². The number of carbonyl (C=O) groups is 1. The Bertz CT molecular complexity index is 73.8. The Morgan fingerprint density at radius 3 is 1.90 bits per heavy atom. The van der Waals surface area contributed by atoms with Crippen molar-refractivity contribution in [2.75, 3.05) is 13.1 Å². The molecule has 10 heavy (non-hydrogen) atoms. The van der Waals surface area contributed by atoms with E-state index in [0.29, 0.717) is 13.1 Å². The zero-order valence-corrected chi connectivity index (χ0v) is 7.79. The normalized spacial score (nSPS) is 6.60. The number of hydrogen-bond donors (Lipinski definition) is 5. The van der Waals surface area contributed by atoms with Gasteiger partial charge in [-0.05, 0) is 0 Å². The van der Waals surface area contributed by atoms with Crippen LogP contribution in [0.15, 0.2) is 0 Å². The summed E-state index contributed by atoms with van der Waals surface area (Å²) in [6.07, 6.45) is -1.83. The van der Waals surface area contributed by atoms with Crippen LogP contribution in [0, 0.1) is 0 Å². The van der Waals surface area contributed by atoms with Gasteiger partial charge in [-0.25, -0.2) is 4.79 Å². The second kappa shape index (κ2) is 16.2. The topological polar surface area (TPSA) is 122 Å². The minimum atomic E-state index is -1.83.